The van der Waals surface area contributed by atoms with Gasteiger partial charge in [0.2, 0.25) is 5.91 Å². The van der Waals surface area contributed by atoms with E-state index in [0.29, 0.717) is 6.54 Å². The van der Waals surface area contributed by atoms with Gasteiger partial charge in [-0.05, 0) is 54.4 Å². The standard InChI is InChI=1S/C23H25FN2O/c1-17(21-9-5-7-19-6-3-4-8-22(19)21)25-23(27)16-26(2)15-14-18-10-12-20(24)13-11-18/h3-13,17H,14-16H2,1-2H3,(H,25,27). The zero-order chi connectivity index (χ0) is 19.2. The van der Waals surface area contributed by atoms with Gasteiger partial charge in [0.1, 0.15) is 5.82 Å². The summed E-state index contributed by atoms with van der Waals surface area (Å²) in [6.45, 7) is 3.08. The Morgan fingerprint density at radius 2 is 1.74 bits per heavy atom. The molecule has 0 bridgehead atoms. The predicted octanol–water partition coefficient (Wildman–Crippen LogP) is 4.33. The van der Waals surface area contributed by atoms with E-state index in [0.717, 1.165) is 29.5 Å². The van der Waals surface area contributed by atoms with Crippen molar-refractivity contribution in [3.63, 3.8) is 0 Å². The second kappa shape index (κ2) is 8.78. The van der Waals surface area contributed by atoms with E-state index >= 15 is 0 Å². The molecular formula is C23H25FN2O. The fourth-order valence-electron chi connectivity index (χ4n) is 3.29. The molecule has 3 aromatic carbocycles. The highest BCUT2D eigenvalue weighted by Crippen LogP contribution is 2.23. The smallest absolute Gasteiger partial charge is 0.234 e. The predicted molar refractivity (Wildman–Crippen MR) is 108 cm³/mol. The Balaban J connectivity index is 1.54. The van der Waals surface area contributed by atoms with Gasteiger partial charge in [-0.1, -0.05) is 54.6 Å². The van der Waals surface area contributed by atoms with Gasteiger partial charge in [0.05, 0.1) is 12.6 Å². The third-order valence-corrected chi connectivity index (χ3v) is 4.78. The molecule has 0 aliphatic rings. The van der Waals surface area contributed by atoms with Crippen molar-refractivity contribution < 1.29 is 9.18 Å². The number of hydrogen-bond donors (Lipinski definition) is 1. The van der Waals surface area contributed by atoms with E-state index in [-0.39, 0.29) is 17.8 Å². The maximum absolute atomic E-state index is 13.0. The van der Waals surface area contributed by atoms with E-state index in [1.807, 2.05) is 37.1 Å². The van der Waals surface area contributed by atoms with Crippen LogP contribution in [0.2, 0.25) is 0 Å². The van der Waals surface area contributed by atoms with Crippen LogP contribution in [-0.2, 0) is 11.2 Å². The summed E-state index contributed by atoms with van der Waals surface area (Å²) in [7, 11) is 1.92. The minimum Gasteiger partial charge on any atom is -0.348 e. The van der Waals surface area contributed by atoms with Crippen molar-refractivity contribution in [2.24, 2.45) is 0 Å². The first-order valence-electron chi connectivity index (χ1n) is 9.23. The quantitative estimate of drug-likeness (QED) is 0.677. The van der Waals surface area contributed by atoms with Crippen LogP contribution in [0.15, 0.2) is 66.7 Å². The monoisotopic (exact) mass is 364 g/mol. The lowest BCUT2D eigenvalue weighted by atomic mass is 10.00. The van der Waals surface area contributed by atoms with Gasteiger partial charge < -0.3 is 5.32 Å². The van der Waals surface area contributed by atoms with Gasteiger partial charge in [0.25, 0.3) is 0 Å². The molecule has 0 aromatic heterocycles. The first-order chi connectivity index (χ1) is 13.0. The van der Waals surface area contributed by atoms with Crippen LogP contribution in [0.4, 0.5) is 4.39 Å². The van der Waals surface area contributed by atoms with Crippen molar-refractivity contribution in [3.8, 4) is 0 Å². The van der Waals surface area contributed by atoms with Crippen molar-refractivity contribution in [2.75, 3.05) is 20.1 Å². The molecule has 1 N–H and O–H groups in total. The number of carbonyl (C=O) groups is 1. The maximum atomic E-state index is 13.0. The fourth-order valence-corrected chi connectivity index (χ4v) is 3.29. The molecule has 0 saturated heterocycles. The molecule has 3 nitrogen and oxygen atoms in total. The molecule has 0 radical (unpaired) electrons. The Hall–Kier alpha value is -2.72. The van der Waals surface area contributed by atoms with Crippen molar-refractivity contribution in [2.45, 2.75) is 19.4 Å². The molecule has 0 heterocycles. The van der Waals surface area contributed by atoms with Gasteiger partial charge in [-0.15, -0.1) is 0 Å². The lowest BCUT2D eigenvalue weighted by Crippen LogP contribution is -2.37. The summed E-state index contributed by atoms with van der Waals surface area (Å²) in [5, 5.41) is 5.43. The highest BCUT2D eigenvalue weighted by atomic mass is 19.1. The van der Waals surface area contributed by atoms with Gasteiger partial charge in [-0.25, -0.2) is 4.39 Å². The number of hydrogen-bond acceptors (Lipinski definition) is 2. The van der Waals surface area contributed by atoms with Crippen molar-refractivity contribution >= 4 is 16.7 Å². The molecule has 3 aromatic rings. The molecule has 1 amide bonds. The Bertz CT molecular complexity index is 902. The maximum Gasteiger partial charge on any atom is 0.234 e. The normalized spacial score (nSPS) is 12.3. The largest absolute Gasteiger partial charge is 0.348 e. The molecule has 0 spiro atoms. The fraction of sp³-hybridized carbons (Fsp3) is 0.261. The summed E-state index contributed by atoms with van der Waals surface area (Å²) in [6, 6.07) is 20.8. The van der Waals surface area contributed by atoms with Crippen LogP contribution < -0.4 is 5.32 Å². The molecule has 27 heavy (non-hydrogen) atoms. The SMILES string of the molecule is CC(NC(=O)CN(C)CCc1ccc(F)cc1)c1cccc2ccccc12. The van der Waals surface area contributed by atoms with E-state index in [1.54, 1.807) is 12.1 Å². The summed E-state index contributed by atoms with van der Waals surface area (Å²) in [4.78, 5) is 14.4. The van der Waals surface area contributed by atoms with Crippen LogP contribution in [0.3, 0.4) is 0 Å². The first-order valence-corrected chi connectivity index (χ1v) is 9.23. The van der Waals surface area contributed by atoms with Gasteiger partial charge in [-0.3, -0.25) is 9.69 Å². The summed E-state index contributed by atoms with van der Waals surface area (Å²) >= 11 is 0. The minimum atomic E-state index is -0.228. The van der Waals surface area contributed by atoms with Crippen LogP contribution >= 0.6 is 0 Å². The van der Waals surface area contributed by atoms with Gasteiger partial charge in [0, 0.05) is 6.54 Å². The zero-order valence-electron chi connectivity index (χ0n) is 15.8. The topological polar surface area (TPSA) is 32.3 Å². The molecule has 0 fully saturated rings. The number of amides is 1. The average Bonchev–Trinajstić information content (AvgIpc) is 2.67. The van der Waals surface area contributed by atoms with Gasteiger partial charge in [0.15, 0.2) is 0 Å². The van der Waals surface area contributed by atoms with Gasteiger partial charge in [-0.2, -0.15) is 0 Å². The summed E-state index contributed by atoms with van der Waals surface area (Å²) < 4.78 is 13.0. The van der Waals surface area contributed by atoms with E-state index in [1.165, 1.54) is 17.5 Å². The zero-order valence-corrected chi connectivity index (χ0v) is 15.8. The number of fused-ring (bicyclic) bond motifs is 1. The third kappa shape index (κ3) is 5.14. The highest BCUT2D eigenvalue weighted by molar-refractivity contribution is 5.87. The second-order valence-electron chi connectivity index (χ2n) is 6.97. The number of nitrogens with zero attached hydrogens (tertiary/aromatic N) is 1. The average molecular weight is 364 g/mol. The van der Waals surface area contributed by atoms with Crippen molar-refractivity contribution in [3.05, 3.63) is 83.7 Å². The minimum absolute atomic E-state index is 0.00274. The van der Waals surface area contributed by atoms with E-state index in [4.69, 9.17) is 0 Å². The Labute approximate surface area is 159 Å². The van der Waals surface area contributed by atoms with Crippen LogP contribution in [0.1, 0.15) is 24.1 Å². The molecule has 0 saturated carbocycles. The van der Waals surface area contributed by atoms with Gasteiger partial charge >= 0.3 is 0 Å². The summed E-state index contributed by atoms with van der Waals surface area (Å²) in [6.07, 6.45) is 0.781. The van der Waals surface area contributed by atoms with E-state index in [9.17, 15) is 9.18 Å². The Morgan fingerprint density at radius 1 is 1.04 bits per heavy atom. The second-order valence-corrected chi connectivity index (χ2v) is 6.97. The number of carbonyl (C=O) groups excluding carboxylic acids is 1. The first kappa shape index (κ1) is 19.1. The van der Waals surface area contributed by atoms with Crippen LogP contribution in [0, 0.1) is 5.82 Å². The molecule has 1 unspecified atom stereocenters. The van der Waals surface area contributed by atoms with Crippen molar-refractivity contribution in [1.82, 2.24) is 10.2 Å². The number of rotatable bonds is 7. The molecule has 1 atom stereocenters. The van der Waals surface area contributed by atoms with Crippen molar-refractivity contribution in [1.29, 1.82) is 0 Å². The molecule has 0 aliphatic carbocycles. The van der Waals surface area contributed by atoms with Crippen LogP contribution in [0.5, 0.6) is 0 Å². The molecule has 4 heteroatoms. The molecule has 0 aliphatic heterocycles. The number of likely N-dealkylation sites (N-methyl/N-ethyl adjacent to an activating group) is 1. The molecule has 140 valence electrons. The number of nitrogens with one attached hydrogen (secondary N) is 1. The Kier molecular flexibility index (Phi) is 6.20. The molecular weight excluding hydrogens is 339 g/mol. The number of halogens is 1. The molecule has 3 rings (SSSR count). The Morgan fingerprint density at radius 3 is 2.52 bits per heavy atom. The van der Waals surface area contributed by atoms with E-state index in [2.05, 4.69) is 29.6 Å². The number of benzene rings is 3. The summed E-state index contributed by atoms with van der Waals surface area (Å²) in [5.74, 6) is -0.231. The third-order valence-electron chi connectivity index (χ3n) is 4.78. The van der Waals surface area contributed by atoms with Crippen LogP contribution in [0.25, 0.3) is 10.8 Å². The lowest BCUT2D eigenvalue weighted by molar-refractivity contribution is -0.122. The lowest BCUT2D eigenvalue weighted by Gasteiger charge is -2.20. The van der Waals surface area contributed by atoms with E-state index < -0.39 is 0 Å². The summed E-state index contributed by atoms with van der Waals surface area (Å²) in [5.41, 5.74) is 2.18. The van der Waals surface area contributed by atoms with Crippen LogP contribution in [-0.4, -0.2) is 30.9 Å². The highest BCUT2D eigenvalue weighted by Gasteiger charge is 2.13.